The van der Waals surface area contributed by atoms with Gasteiger partial charge in [-0.1, -0.05) is 6.92 Å². The van der Waals surface area contributed by atoms with Crippen LogP contribution in [0.2, 0.25) is 0 Å². The molecule has 0 spiro atoms. The van der Waals surface area contributed by atoms with E-state index in [0.717, 1.165) is 29.5 Å². The van der Waals surface area contributed by atoms with Crippen molar-refractivity contribution in [1.82, 2.24) is 9.97 Å². The van der Waals surface area contributed by atoms with E-state index in [-0.39, 0.29) is 0 Å². The summed E-state index contributed by atoms with van der Waals surface area (Å²) in [6.45, 7) is 3.84. The molecule has 1 heterocycles. The lowest BCUT2D eigenvalue weighted by molar-refractivity contribution is 0.529. The van der Waals surface area contributed by atoms with Crippen molar-refractivity contribution in [2.75, 3.05) is 18.4 Å². The molecule has 1 unspecified atom stereocenters. The van der Waals surface area contributed by atoms with Gasteiger partial charge in [0, 0.05) is 22.5 Å². The van der Waals surface area contributed by atoms with Crippen LogP contribution in [0.15, 0.2) is 12.4 Å². The van der Waals surface area contributed by atoms with Crippen molar-refractivity contribution in [2.45, 2.75) is 19.8 Å². The Kier molecular flexibility index (Phi) is 5.85. The number of nitrogens with one attached hydrogen (secondary N) is 1. The van der Waals surface area contributed by atoms with Crippen LogP contribution in [0.4, 0.5) is 5.95 Å². The molecule has 4 nitrogen and oxygen atoms in total. The highest BCUT2D eigenvalue weighted by Crippen LogP contribution is 2.05. The zero-order valence-electron chi connectivity index (χ0n) is 8.91. The molecule has 0 fully saturated rings. The summed E-state index contributed by atoms with van der Waals surface area (Å²) in [4.78, 5) is 8.32. The predicted octanol–water partition coefficient (Wildman–Crippen LogP) is 1.87. The molecule has 1 atom stereocenters. The number of aromatic nitrogens is 2. The maximum Gasteiger partial charge on any atom is 0.222 e. The fourth-order valence-corrected chi connectivity index (χ4v) is 1.45. The van der Waals surface area contributed by atoms with Crippen molar-refractivity contribution in [1.29, 1.82) is 0 Å². The van der Waals surface area contributed by atoms with E-state index in [4.69, 9.17) is 5.73 Å². The lowest BCUT2D eigenvalue weighted by Gasteiger charge is -2.08. The van der Waals surface area contributed by atoms with Gasteiger partial charge in [-0.3, -0.25) is 0 Å². The van der Waals surface area contributed by atoms with E-state index in [1.54, 1.807) is 12.4 Å². The minimum atomic E-state index is 0.601. The molecule has 0 aliphatic carbocycles. The molecule has 0 saturated carbocycles. The van der Waals surface area contributed by atoms with Gasteiger partial charge in [0.1, 0.15) is 0 Å². The molecule has 0 bridgehead atoms. The molecule has 3 N–H and O–H groups in total. The summed E-state index contributed by atoms with van der Waals surface area (Å²) in [5.41, 5.74) is 5.54. The van der Waals surface area contributed by atoms with Crippen LogP contribution in [0, 0.1) is 9.49 Å². The first-order valence-corrected chi connectivity index (χ1v) is 6.21. The molecule has 5 heteroatoms. The zero-order chi connectivity index (χ0) is 11.1. The van der Waals surface area contributed by atoms with Gasteiger partial charge in [-0.15, -0.1) is 0 Å². The SMILES string of the molecule is CC(CN)CCCNc1ncc(I)cn1. The largest absolute Gasteiger partial charge is 0.354 e. The minimum Gasteiger partial charge on any atom is -0.354 e. The second kappa shape index (κ2) is 6.95. The fourth-order valence-electron chi connectivity index (χ4n) is 1.17. The smallest absolute Gasteiger partial charge is 0.222 e. The first kappa shape index (κ1) is 12.6. The number of nitrogens with zero attached hydrogens (tertiary/aromatic N) is 2. The van der Waals surface area contributed by atoms with E-state index in [9.17, 15) is 0 Å². The van der Waals surface area contributed by atoms with Gasteiger partial charge in [0.05, 0.1) is 0 Å². The third-order valence-corrected chi connectivity index (χ3v) is 2.74. The standard InChI is InChI=1S/C10H17IN4/c1-8(5-12)3-2-4-13-10-14-6-9(11)7-15-10/h6-8H,2-5,12H2,1H3,(H,13,14,15). The average Bonchev–Trinajstić information content (AvgIpc) is 2.26. The third-order valence-electron chi connectivity index (χ3n) is 2.18. The number of rotatable bonds is 6. The van der Waals surface area contributed by atoms with Crippen molar-refractivity contribution in [2.24, 2.45) is 11.7 Å². The van der Waals surface area contributed by atoms with E-state index in [0.29, 0.717) is 11.9 Å². The molecule has 0 aliphatic rings. The first-order chi connectivity index (χ1) is 7.22. The number of halogens is 1. The summed E-state index contributed by atoms with van der Waals surface area (Å²) in [7, 11) is 0. The van der Waals surface area contributed by atoms with E-state index in [1.165, 1.54) is 0 Å². The molecular weight excluding hydrogens is 303 g/mol. The van der Waals surface area contributed by atoms with Crippen LogP contribution in [0.25, 0.3) is 0 Å². The van der Waals surface area contributed by atoms with E-state index < -0.39 is 0 Å². The van der Waals surface area contributed by atoms with Crippen LogP contribution in [0.5, 0.6) is 0 Å². The van der Waals surface area contributed by atoms with E-state index >= 15 is 0 Å². The number of anilines is 1. The summed E-state index contributed by atoms with van der Waals surface area (Å²) in [6, 6.07) is 0. The average molecular weight is 320 g/mol. The maximum atomic E-state index is 5.54. The number of nitrogens with two attached hydrogens (primary N) is 1. The van der Waals surface area contributed by atoms with Gasteiger partial charge in [-0.25, -0.2) is 9.97 Å². The molecular formula is C10H17IN4. The summed E-state index contributed by atoms with van der Waals surface area (Å²) < 4.78 is 1.05. The Morgan fingerprint density at radius 1 is 1.47 bits per heavy atom. The summed E-state index contributed by atoms with van der Waals surface area (Å²) in [5, 5.41) is 3.18. The topological polar surface area (TPSA) is 63.8 Å². The number of hydrogen-bond acceptors (Lipinski definition) is 4. The number of hydrogen-bond donors (Lipinski definition) is 2. The molecule has 1 aromatic heterocycles. The highest BCUT2D eigenvalue weighted by atomic mass is 127. The van der Waals surface area contributed by atoms with Crippen LogP contribution in [-0.4, -0.2) is 23.1 Å². The third kappa shape index (κ3) is 5.27. The molecule has 1 aromatic rings. The summed E-state index contributed by atoms with van der Waals surface area (Å²) >= 11 is 2.19. The van der Waals surface area contributed by atoms with Crippen LogP contribution >= 0.6 is 22.6 Å². The lowest BCUT2D eigenvalue weighted by Crippen LogP contribution is -2.13. The fraction of sp³-hybridized carbons (Fsp3) is 0.600. The Morgan fingerprint density at radius 2 is 2.13 bits per heavy atom. The Labute approximate surface area is 104 Å². The molecule has 84 valence electrons. The van der Waals surface area contributed by atoms with Gasteiger partial charge in [-0.05, 0) is 47.9 Å². The van der Waals surface area contributed by atoms with Gasteiger partial charge >= 0.3 is 0 Å². The second-order valence-corrected chi connectivity index (χ2v) is 4.88. The van der Waals surface area contributed by atoms with Gasteiger partial charge in [0.15, 0.2) is 0 Å². The van der Waals surface area contributed by atoms with Gasteiger partial charge < -0.3 is 11.1 Å². The second-order valence-electron chi connectivity index (χ2n) is 3.63. The van der Waals surface area contributed by atoms with Gasteiger partial charge in [-0.2, -0.15) is 0 Å². The predicted molar refractivity (Wildman–Crippen MR) is 70.7 cm³/mol. The van der Waals surface area contributed by atoms with Gasteiger partial charge in [0.2, 0.25) is 5.95 Å². The quantitative estimate of drug-likeness (QED) is 0.620. The van der Waals surface area contributed by atoms with Crippen molar-refractivity contribution >= 4 is 28.5 Å². The van der Waals surface area contributed by atoms with E-state index in [2.05, 4.69) is 44.8 Å². The molecule has 0 radical (unpaired) electrons. The molecule has 1 rings (SSSR count). The molecule has 15 heavy (non-hydrogen) atoms. The highest BCUT2D eigenvalue weighted by molar-refractivity contribution is 14.1. The van der Waals surface area contributed by atoms with Crippen LogP contribution in [0.1, 0.15) is 19.8 Å². The Hall–Kier alpha value is -0.430. The van der Waals surface area contributed by atoms with Crippen molar-refractivity contribution in [3.8, 4) is 0 Å². The maximum absolute atomic E-state index is 5.54. The Bertz CT molecular complexity index is 275. The van der Waals surface area contributed by atoms with Crippen LogP contribution in [-0.2, 0) is 0 Å². The Balaban J connectivity index is 2.17. The van der Waals surface area contributed by atoms with Crippen molar-refractivity contribution in [3.05, 3.63) is 16.0 Å². The van der Waals surface area contributed by atoms with Crippen LogP contribution < -0.4 is 11.1 Å². The van der Waals surface area contributed by atoms with E-state index in [1.807, 2.05) is 0 Å². The van der Waals surface area contributed by atoms with Crippen molar-refractivity contribution in [3.63, 3.8) is 0 Å². The van der Waals surface area contributed by atoms with Gasteiger partial charge in [0.25, 0.3) is 0 Å². The molecule has 0 saturated heterocycles. The summed E-state index contributed by atoms with van der Waals surface area (Å²) in [5.74, 6) is 1.31. The van der Waals surface area contributed by atoms with Crippen molar-refractivity contribution < 1.29 is 0 Å². The first-order valence-electron chi connectivity index (χ1n) is 5.14. The molecule has 0 aliphatic heterocycles. The zero-order valence-corrected chi connectivity index (χ0v) is 11.1. The molecule has 0 aromatic carbocycles. The minimum absolute atomic E-state index is 0.601. The summed E-state index contributed by atoms with van der Waals surface area (Å²) in [6.07, 6.45) is 5.86. The monoisotopic (exact) mass is 320 g/mol. The molecule has 0 amide bonds. The Morgan fingerprint density at radius 3 is 2.73 bits per heavy atom. The lowest BCUT2D eigenvalue weighted by atomic mass is 10.1. The normalized spacial score (nSPS) is 12.5. The highest BCUT2D eigenvalue weighted by Gasteiger charge is 1.99. The van der Waals surface area contributed by atoms with Crippen LogP contribution in [0.3, 0.4) is 0 Å².